The van der Waals surface area contributed by atoms with Crippen molar-refractivity contribution >= 4 is 44.8 Å². The predicted molar refractivity (Wildman–Crippen MR) is 116 cm³/mol. The Kier molecular flexibility index (Phi) is 5.45. The third-order valence-electron chi connectivity index (χ3n) is 3.94. The summed E-state index contributed by atoms with van der Waals surface area (Å²) in [6.07, 6.45) is 1.65. The van der Waals surface area contributed by atoms with Crippen molar-refractivity contribution in [3.63, 3.8) is 0 Å². The van der Waals surface area contributed by atoms with E-state index in [0.29, 0.717) is 29.9 Å². The normalized spacial score (nSPS) is 10.8. The van der Waals surface area contributed by atoms with E-state index in [9.17, 15) is 0 Å². The van der Waals surface area contributed by atoms with Crippen molar-refractivity contribution in [3.05, 3.63) is 71.5 Å². The molecule has 1 aromatic carbocycles. The standard InChI is InChI=1S/C20H18ClN5OS/c1-13(24-15-6-4-14(21)5-7-15)22-9-10-23-20-25-16-8-12-28-19(16)18(26-20)17-3-2-11-27-17/h2-8,11-12,22,24H,1,9-10H2,(H,23,25,26). The second kappa shape index (κ2) is 8.33. The zero-order chi connectivity index (χ0) is 19.3. The van der Waals surface area contributed by atoms with Crippen LogP contribution in [-0.2, 0) is 0 Å². The molecule has 0 radical (unpaired) electrons. The predicted octanol–water partition coefficient (Wildman–Crippen LogP) is 5.19. The number of furan rings is 1. The van der Waals surface area contributed by atoms with Crippen LogP contribution in [-0.4, -0.2) is 23.1 Å². The highest BCUT2D eigenvalue weighted by molar-refractivity contribution is 7.17. The SMILES string of the molecule is C=C(NCCNc1nc(-c2ccco2)c2sccc2n1)Nc1ccc(Cl)cc1. The summed E-state index contributed by atoms with van der Waals surface area (Å²) >= 11 is 7.49. The molecule has 0 bridgehead atoms. The summed E-state index contributed by atoms with van der Waals surface area (Å²) in [5.41, 5.74) is 2.62. The van der Waals surface area contributed by atoms with E-state index in [1.165, 1.54) is 0 Å². The fourth-order valence-electron chi connectivity index (χ4n) is 2.66. The van der Waals surface area contributed by atoms with Crippen molar-refractivity contribution in [2.75, 3.05) is 23.7 Å². The second-order valence-electron chi connectivity index (χ2n) is 5.97. The average Bonchev–Trinajstić information content (AvgIpc) is 3.38. The maximum Gasteiger partial charge on any atom is 0.224 e. The van der Waals surface area contributed by atoms with E-state index in [1.54, 1.807) is 17.6 Å². The minimum absolute atomic E-state index is 0.565. The molecule has 0 unspecified atom stereocenters. The van der Waals surface area contributed by atoms with Crippen LogP contribution >= 0.6 is 22.9 Å². The van der Waals surface area contributed by atoms with E-state index in [4.69, 9.17) is 16.0 Å². The van der Waals surface area contributed by atoms with E-state index in [0.717, 1.165) is 27.4 Å². The van der Waals surface area contributed by atoms with Crippen molar-refractivity contribution in [2.45, 2.75) is 0 Å². The molecular weight excluding hydrogens is 394 g/mol. The molecule has 8 heteroatoms. The lowest BCUT2D eigenvalue weighted by molar-refractivity contribution is 0.581. The lowest BCUT2D eigenvalue weighted by atomic mass is 10.3. The van der Waals surface area contributed by atoms with E-state index in [1.807, 2.05) is 47.8 Å². The minimum atomic E-state index is 0.565. The van der Waals surface area contributed by atoms with Crippen molar-refractivity contribution in [2.24, 2.45) is 0 Å². The van der Waals surface area contributed by atoms with Crippen molar-refractivity contribution in [1.29, 1.82) is 0 Å². The Bertz CT molecular complexity index is 1080. The Morgan fingerprint density at radius 1 is 1.11 bits per heavy atom. The summed E-state index contributed by atoms with van der Waals surface area (Å²) in [5, 5.41) is 12.3. The molecule has 0 fully saturated rings. The number of hydrogen-bond donors (Lipinski definition) is 3. The van der Waals surface area contributed by atoms with Gasteiger partial charge in [-0.15, -0.1) is 11.3 Å². The fraction of sp³-hybridized carbons (Fsp3) is 0.100. The molecule has 4 aromatic rings. The third-order valence-corrected chi connectivity index (χ3v) is 5.11. The van der Waals surface area contributed by atoms with Gasteiger partial charge in [0.1, 0.15) is 5.69 Å². The van der Waals surface area contributed by atoms with Crippen LogP contribution in [0.3, 0.4) is 0 Å². The Morgan fingerprint density at radius 2 is 1.96 bits per heavy atom. The largest absolute Gasteiger partial charge is 0.463 e. The molecule has 0 amide bonds. The summed E-state index contributed by atoms with van der Waals surface area (Å²) in [4.78, 5) is 9.19. The van der Waals surface area contributed by atoms with Gasteiger partial charge in [-0.3, -0.25) is 0 Å². The number of halogens is 1. The number of fused-ring (bicyclic) bond motifs is 1. The fourth-order valence-corrected chi connectivity index (χ4v) is 3.61. The van der Waals surface area contributed by atoms with Crippen LogP contribution in [0.2, 0.25) is 5.02 Å². The maximum atomic E-state index is 5.89. The second-order valence-corrected chi connectivity index (χ2v) is 7.32. The highest BCUT2D eigenvalue weighted by atomic mass is 35.5. The smallest absolute Gasteiger partial charge is 0.224 e. The lowest BCUT2D eigenvalue weighted by Gasteiger charge is -2.13. The molecule has 0 atom stereocenters. The van der Waals surface area contributed by atoms with Crippen molar-refractivity contribution in [3.8, 4) is 11.5 Å². The van der Waals surface area contributed by atoms with Gasteiger partial charge in [-0.25, -0.2) is 9.97 Å². The first-order valence-electron chi connectivity index (χ1n) is 8.67. The Labute approximate surface area is 171 Å². The highest BCUT2D eigenvalue weighted by Crippen LogP contribution is 2.31. The minimum Gasteiger partial charge on any atom is -0.463 e. The van der Waals surface area contributed by atoms with Crippen LogP contribution in [0.15, 0.2) is 70.9 Å². The Balaban J connectivity index is 1.34. The number of benzene rings is 1. The van der Waals surface area contributed by atoms with Gasteiger partial charge in [0.15, 0.2) is 5.76 Å². The molecule has 28 heavy (non-hydrogen) atoms. The molecule has 0 spiro atoms. The van der Waals surface area contributed by atoms with Crippen LogP contribution in [0.4, 0.5) is 11.6 Å². The molecule has 0 aliphatic rings. The van der Waals surface area contributed by atoms with Crippen molar-refractivity contribution in [1.82, 2.24) is 15.3 Å². The first-order valence-corrected chi connectivity index (χ1v) is 9.93. The molecule has 142 valence electrons. The van der Waals surface area contributed by atoms with Crippen LogP contribution < -0.4 is 16.0 Å². The summed E-state index contributed by atoms with van der Waals surface area (Å²) in [6.45, 7) is 5.26. The van der Waals surface area contributed by atoms with E-state index in [-0.39, 0.29) is 0 Å². The van der Waals surface area contributed by atoms with Gasteiger partial charge in [0.2, 0.25) is 5.95 Å². The van der Waals surface area contributed by atoms with E-state index < -0.39 is 0 Å². The van der Waals surface area contributed by atoms with Crippen LogP contribution in [0, 0.1) is 0 Å². The monoisotopic (exact) mass is 411 g/mol. The molecule has 0 aliphatic heterocycles. The van der Waals surface area contributed by atoms with E-state index in [2.05, 4.69) is 32.5 Å². The molecule has 3 aromatic heterocycles. The average molecular weight is 412 g/mol. The van der Waals surface area contributed by atoms with Gasteiger partial charge in [0, 0.05) is 23.8 Å². The van der Waals surface area contributed by atoms with Crippen molar-refractivity contribution < 1.29 is 4.42 Å². The highest BCUT2D eigenvalue weighted by Gasteiger charge is 2.12. The zero-order valence-corrected chi connectivity index (χ0v) is 16.5. The van der Waals surface area contributed by atoms with Gasteiger partial charge >= 0.3 is 0 Å². The molecule has 0 saturated carbocycles. The van der Waals surface area contributed by atoms with Gasteiger partial charge in [0.05, 0.1) is 22.3 Å². The van der Waals surface area contributed by atoms with Crippen LogP contribution in [0.25, 0.3) is 21.7 Å². The van der Waals surface area contributed by atoms with E-state index >= 15 is 0 Å². The molecule has 4 rings (SSSR count). The summed E-state index contributed by atoms with van der Waals surface area (Å²) in [6, 6.07) is 13.2. The molecule has 3 heterocycles. The van der Waals surface area contributed by atoms with Crippen LogP contribution in [0.1, 0.15) is 0 Å². The maximum absolute atomic E-state index is 5.89. The molecule has 6 nitrogen and oxygen atoms in total. The first-order chi connectivity index (χ1) is 13.7. The number of hydrogen-bond acceptors (Lipinski definition) is 7. The topological polar surface area (TPSA) is 75.0 Å². The lowest BCUT2D eigenvalue weighted by Crippen LogP contribution is -2.25. The number of rotatable bonds is 8. The molecule has 0 saturated heterocycles. The zero-order valence-electron chi connectivity index (χ0n) is 14.9. The Morgan fingerprint density at radius 3 is 2.75 bits per heavy atom. The molecular formula is C20H18ClN5OS. The quantitative estimate of drug-likeness (QED) is 0.346. The number of thiophene rings is 1. The number of aromatic nitrogens is 2. The first kappa shape index (κ1) is 18.3. The number of nitrogens with zero attached hydrogens (tertiary/aromatic N) is 2. The molecule has 3 N–H and O–H groups in total. The van der Waals surface area contributed by atoms with Crippen LogP contribution in [0.5, 0.6) is 0 Å². The summed E-state index contributed by atoms with van der Waals surface area (Å²) < 4.78 is 6.53. The number of anilines is 2. The number of nitrogens with one attached hydrogen (secondary N) is 3. The summed E-state index contributed by atoms with van der Waals surface area (Å²) in [5.74, 6) is 2.00. The molecule has 0 aliphatic carbocycles. The van der Waals surface area contributed by atoms with Gasteiger partial charge in [-0.1, -0.05) is 18.2 Å². The summed E-state index contributed by atoms with van der Waals surface area (Å²) in [7, 11) is 0. The third kappa shape index (κ3) is 4.27. The van der Waals surface area contributed by atoms with Gasteiger partial charge < -0.3 is 20.4 Å². The Hall–Kier alpha value is -3.03. The van der Waals surface area contributed by atoms with Gasteiger partial charge in [-0.2, -0.15) is 0 Å². The van der Waals surface area contributed by atoms with Gasteiger partial charge in [0.25, 0.3) is 0 Å². The van der Waals surface area contributed by atoms with Gasteiger partial charge in [-0.05, 0) is 47.8 Å².